The Morgan fingerprint density at radius 3 is 2.69 bits per heavy atom. The highest BCUT2D eigenvalue weighted by Crippen LogP contribution is 2.34. The minimum atomic E-state index is -0.550. The van der Waals surface area contributed by atoms with Crippen molar-refractivity contribution in [2.45, 2.75) is 58.2 Å². The van der Waals surface area contributed by atoms with E-state index < -0.39 is 5.60 Å². The van der Waals surface area contributed by atoms with Crippen LogP contribution in [0.1, 0.15) is 46.5 Å². The highest BCUT2D eigenvalue weighted by molar-refractivity contribution is 4.88. The molecule has 0 bridgehead atoms. The van der Waals surface area contributed by atoms with Gasteiger partial charge < -0.3 is 14.9 Å². The molecule has 1 saturated heterocycles. The van der Waals surface area contributed by atoms with Crippen molar-refractivity contribution in [1.82, 2.24) is 0 Å². The van der Waals surface area contributed by atoms with Crippen LogP contribution < -0.4 is 0 Å². The van der Waals surface area contributed by atoms with Crippen LogP contribution in [-0.2, 0) is 4.74 Å². The van der Waals surface area contributed by atoms with E-state index in [1.165, 1.54) is 0 Å². The summed E-state index contributed by atoms with van der Waals surface area (Å²) in [7, 11) is 0. The third kappa shape index (κ3) is 3.72. The standard InChI is InChI=1S/C13H26O3/c1-4-13(15)5-6-16-9-12(13)8-10(2)7-11(3)14/h10-12,14-15H,4-9H2,1-3H3/t10-,11?,12?,13?/m1/s1. The molecule has 16 heavy (non-hydrogen) atoms. The van der Waals surface area contributed by atoms with E-state index in [2.05, 4.69) is 6.92 Å². The summed E-state index contributed by atoms with van der Waals surface area (Å²) in [5.41, 5.74) is -0.550. The molecule has 96 valence electrons. The van der Waals surface area contributed by atoms with Gasteiger partial charge in [-0.3, -0.25) is 0 Å². The van der Waals surface area contributed by atoms with Crippen LogP contribution in [0.3, 0.4) is 0 Å². The molecule has 1 aliphatic heterocycles. The van der Waals surface area contributed by atoms with E-state index in [0.717, 1.165) is 25.7 Å². The summed E-state index contributed by atoms with van der Waals surface area (Å²) in [6.07, 6.45) is 3.03. The van der Waals surface area contributed by atoms with Gasteiger partial charge in [0.25, 0.3) is 0 Å². The molecule has 0 aromatic carbocycles. The molecule has 0 radical (unpaired) electrons. The van der Waals surface area contributed by atoms with Gasteiger partial charge in [-0.15, -0.1) is 0 Å². The molecule has 2 N–H and O–H groups in total. The summed E-state index contributed by atoms with van der Waals surface area (Å²) in [5.74, 6) is 0.657. The average Bonchev–Trinajstić information content (AvgIpc) is 2.20. The molecule has 3 unspecified atom stereocenters. The molecule has 4 atom stereocenters. The highest BCUT2D eigenvalue weighted by atomic mass is 16.5. The Bertz CT molecular complexity index is 205. The van der Waals surface area contributed by atoms with Crippen LogP contribution in [0.4, 0.5) is 0 Å². The first-order valence-corrected chi connectivity index (χ1v) is 6.46. The predicted molar refractivity (Wildman–Crippen MR) is 64.2 cm³/mol. The Labute approximate surface area is 98.8 Å². The van der Waals surface area contributed by atoms with E-state index in [9.17, 15) is 10.2 Å². The molecule has 0 aliphatic carbocycles. The zero-order valence-electron chi connectivity index (χ0n) is 10.8. The fourth-order valence-corrected chi connectivity index (χ4v) is 2.75. The lowest BCUT2D eigenvalue weighted by Crippen LogP contribution is -2.45. The largest absolute Gasteiger partial charge is 0.393 e. The van der Waals surface area contributed by atoms with Crippen molar-refractivity contribution in [3.05, 3.63) is 0 Å². The van der Waals surface area contributed by atoms with Crippen LogP contribution in [-0.4, -0.2) is 35.1 Å². The molecule has 3 nitrogen and oxygen atoms in total. The molecular formula is C13H26O3. The quantitative estimate of drug-likeness (QED) is 0.759. The summed E-state index contributed by atoms with van der Waals surface area (Å²) in [5, 5.41) is 19.8. The maximum atomic E-state index is 10.5. The highest BCUT2D eigenvalue weighted by Gasteiger charge is 2.38. The minimum absolute atomic E-state index is 0.222. The van der Waals surface area contributed by atoms with Crippen molar-refractivity contribution in [2.24, 2.45) is 11.8 Å². The Hall–Kier alpha value is -0.120. The maximum Gasteiger partial charge on any atom is 0.0717 e. The Kier molecular flexibility index (Phi) is 5.22. The van der Waals surface area contributed by atoms with Gasteiger partial charge in [0.2, 0.25) is 0 Å². The fraction of sp³-hybridized carbons (Fsp3) is 1.00. The van der Waals surface area contributed by atoms with Gasteiger partial charge in [-0.25, -0.2) is 0 Å². The lowest BCUT2D eigenvalue weighted by Gasteiger charge is -2.40. The zero-order chi connectivity index (χ0) is 12.2. The van der Waals surface area contributed by atoms with Gasteiger partial charge in [0, 0.05) is 12.5 Å². The van der Waals surface area contributed by atoms with Gasteiger partial charge in [-0.05, 0) is 38.5 Å². The van der Waals surface area contributed by atoms with Crippen LogP contribution in [0.2, 0.25) is 0 Å². The van der Waals surface area contributed by atoms with Crippen molar-refractivity contribution in [3.63, 3.8) is 0 Å². The normalized spacial score (nSPS) is 34.7. The Morgan fingerprint density at radius 2 is 2.12 bits per heavy atom. The van der Waals surface area contributed by atoms with E-state index in [-0.39, 0.29) is 12.0 Å². The van der Waals surface area contributed by atoms with Crippen molar-refractivity contribution < 1.29 is 14.9 Å². The maximum absolute atomic E-state index is 10.5. The zero-order valence-corrected chi connectivity index (χ0v) is 10.8. The second-order valence-electron chi connectivity index (χ2n) is 5.40. The number of aliphatic hydroxyl groups excluding tert-OH is 1. The third-order valence-electron chi connectivity index (χ3n) is 3.80. The molecular weight excluding hydrogens is 204 g/mol. The number of aliphatic hydroxyl groups is 2. The molecule has 0 aromatic heterocycles. The minimum Gasteiger partial charge on any atom is -0.393 e. The monoisotopic (exact) mass is 230 g/mol. The molecule has 0 aromatic rings. The van der Waals surface area contributed by atoms with E-state index in [1.807, 2.05) is 13.8 Å². The van der Waals surface area contributed by atoms with E-state index in [4.69, 9.17) is 4.74 Å². The summed E-state index contributed by atoms with van der Waals surface area (Å²) < 4.78 is 5.46. The number of ether oxygens (including phenoxy) is 1. The molecule has 1 fully saturated rings. The second-order valence-corrected chi connectivity index (χ2v) is 5.40. The lowest BCUT2D eigenvalue weighted by molar-refractivity contribution is -0.121. The van der Waals surface area contributed by atoms with Gasteiger partial charge in [0.15, 0.2) is 0 Å². The molecule has 1 aliphatic rings. The summed E-state index contributed by atoms with van der Waals surface area (Å²) >= 11 is 0. The van der Waals surface area contributed by atoms with Gasteiger partial charge in [-0.2, -0.15) is 0 Å². The van der Waals surface area contributed by atoms with Gasteiger partial charge >= 0.3 is 0 Å². The van der Waals surface area contributed by atoms with Crippen LogP contribution in [0.15, 0.2) is 0 Å². The molecule has 0 spiro atoms. The number of hydrogen-bond donors (Lipinski definition) is 2. The molecule has 0 saturated carbocycles. The predicted octanol–water partition coefficient (Wildman–Crippen LogP) is 1.96. The SMILES string of the molecule is CCC1(O)CCOCC1C[C@H](C)CC(C)O. The van der Waals surface area contributed by atoms with Crippen molar-refractivity contribution in [3.8, 4) is 0 Å². The van der Waals surface area contributed by atoms with Gasteiger partial charge in [0.05, 0.1) is 18.3 Å². The summed E-state index contributed by atoms with van der Waals surface area (Å²) in [4.78, 5) is 0. The Balaban J connectivity index is 2.49. The first-order valence-electron chi connectivity index (χ1n) is 6.46. The third-order valence-corrected chi connectivity index (χ3v) is 3.80. The van der Waals surface area contributed by atoms with E-state index in [0.29, 0.717) is 19.1 Å². The van der Waals surface area contributed by atoms with E-state index >= 15 is 0 Å². The molecule has 1 heterocycles. The number of hydrogen-bond acceptors (Lipinski definition) is 3. The van der Waals surface area contributed by atoms with Crippen LogP contribution in [0.25, 0.3) is 0 Å². The lowest BCUT2D eigenvalue weighted by atomic mass is 9.76. The summed E-state index contributed by atoms with van der Waals surface area (Å²) in [6.45, 7) is 7.33. The van der Waals surface area contributed by atoms with Crippen LogP contribution in [0, 0.1) is 11.8 Å². The van der Waals surface area contributed by atoms with Crippen molar-refractivity contribution in [2.75, 3.05) is 13.2 Å². The first kappa shape index (κ1) is 13.9. The van der Waals surface area contributed by atoms with Crippen LogP contribution >= 0.6 is 0 Å². The number of rotatable bonds is 5. The molecule has 3 heteroatoms. The first-order chi connectivity index (χ1) is 7.48. The topological polar surface area (TPSA) is 49.7 Å². The van der Waals surface area contributed by atoms with E-state index in [1.54, 1.807) is 0 Å². The van der Waals surface area contributed by atoms with Gasteiger partial charge in [-0.1, -0.05) is 13.8 Å². The summed E-state index contributed by atoms with van der Waals surface area (Å²) in [6, 6.07) is 0. The average molecular weight is 230 g/mol. The second kappa shape index (κ2) is 5.99. The van der Waals surface area contributed by atoms with Gasteiger partial charge in [0.1, 0.15) is 0 Å². The van der Waals surface area contributed by atoms with Crippen molar-refractivity contribution >= 4 is 0 Å². The molecule has 1 rings (SSSR count). The fourth-order valence-electron chi connectivity index (χ4n) is 2.75. The van der Waals surface area contributed by atoms with Crippen LogP contribution in [0.5, 0.6) is 0 Å². The smallest absolute Gasteiger partial charge is 0.0717 e. The van der Waals surface area contributed by atoms with Crippen molar-refractivity contribution in [1.29, 1.82) is 0 Å². The molecule has 0 amide bonds. The Morgan fingerprint density at radius 1 is 1.44 bits per heavy atom.